The van der Waals surface area contributed by atoms with Crippen molar-refractivity contribution < 1.29 is 19.1 Å². The fourth-order valence-corrected chi connectivity index (χ4v) is 4.02. The Balaban J connectivity index is 1.26. The zero-order valence-electron chi connectivity index (χ0n) is 17.9. The molecule has 1 atom stereocenters. The van der Waals surface area contributed by atoms with E-state index in [1.807, 2.05) is 84.9 Å². The van der Waals surface area contributed by atoms with E-state index in [1.54, 1.807) is 6.20 Å². The Morgan fingerprint density at radius 1 is 0.939 bits per heavy atom. The van der Waals surface area contributed by atoms with Crippen LogP contribution in [0.1, 0.15) is 11.1 Å². The number of cyclic esters (lactones) is 1. The number of hydrogen-bond donors (Lipinski definition) is 0. The predicted molar refractivity (Wildman–Crippen MR) is 124 cm³/mol. The number of carbonyl (C=O) groups is 2. The Morgan fingerprint density at radius 2 is 1.70 bits per heavy atom. The standard InChI is InChI=1S/C27H22N2O4/c30-26(29-21(18-32-27(29)31)16-19-6-2-1-3-7-19)17-20-10-12-22(13-11-20)33-25-14-15-28-24-9-5-4-8-23(24)25/h1-15,21H,16-18H2. The monoisotopic (exact) mass is 438 g/mol. The van der Waals surface area contributed by atoms with E-state index >= 15 is 0 Å². The van der Waals surface area contributed by atoms with Crippen molar-refractivity contribution in [3.63, 3.8) is 0 Å². The van der Waals surface area contributed by atoms with Crippen molar-refractivity contribution in [3.8, 4) is 11.5 Å². The summed E-state index contributed by atoms with van der Waals surface area (Å²) in [7, 11) is 0. The number of carbonyl (C=O) groups excluding carboxylic acids is 2. The van der Waals surface area contributed by atoms with Crippen LogP contribution in [0.25, 0.3) is 10.9 Å². The molecule has 4 aromatic rings. The van der Waals surface area contributed by atoms with Crippen molar-refractivity contribution in [1.82, 2.24) is 9.88 Å². The summed E-state index contributed by atoms with van der Waals surface area (Å²) in [5.74, 6) is 1.10. The molecule has 5 rings (SSSR count). The van der Waals surface area contributed by atoms with Gasteiger partial charge in [-0.1, -0.05) is 54.6 Å². The predicted octanol–water partition coefficient (Wildman–Crippen LogP) is 5.16. The third-order valence-corrected chi connectivity index (χ3v) is 5.66. The summed E-state index contributed by atoms with van der Waals surface area (Å²) in [5.41, 5.74) is 2.72. The molecule has 1 aliphatic rings. The lowest BCUT2D eigenvalue weighted by atomic mass is 10.0. The molecule has 0 aliphatic carbocycles. The van der Waals surface area contributed by atoms with Gasteiger partial charge >= 0.3 is 6.09 Å². The molecule has 1 aliphatic heterocycles. The van der Waals surface area contributed by atoms with Crippen molar-refractivity contribution in [3.05, 3.63) is 102 Å². The number of ether oxygens (including phenoxy) is 2. The van der Waals surface area contributed by atoms with Crippen LogP contribution in [0.2, 0.25) is 0 Å². The van der Waals surface area contributed by atoms with Gasteiger partial charge in [-0.05, 0) is 47.9 Å². The van der Waals surface area contributed by atoms with Crippen molar-refractivity contribution in [2.75, 3.05) is 6.61 Å². The number of benzene rings is 3. The van der Waals surface area contributed by atoms with Crippen LogP contribution in [-0.2, 0) is 22.4 Å². The van der Waals surface area contributed by atoms with Crippen LogP contribution in [-0.4, -0.2) is 34.5 Å². The Kier molecular flexibility index (Phi) is 5.72. The van der Waals surface area contributed by atoms with Crippen LogP contribution >= 0.6 is 0 Å². The topological polar surface area (TPSA) is 68.7 Å². The summed E-state index contributed by atoms with van der Waals surface area (Å²) in [4.78, 5) is 30.8. The molecule has 1 fully saturated rings. The van der Waals surface area contributed by atoms with Crippen molar-refractivity contribution in [2.24, 2.45) is 0 Å². The lowest BCUT2D eigenvalue weighted by Crippen LogP contribution is -2.41. The summed E-state index contributed by atoms with van der Waals surface area (Å²) in [6.45, 7) is 0.214. The maximum Gasteiger partial charge on any atom is 0.416 e. The largest absolute Gasteiger partial charge is 0.457 e. The fourth-order valence-electron chi connectivity index (χ4n) is 4.02. The van der Waals surface area contributed by atoms with Crippen LogP contribution < -0.4 is 4.74 Å². The molecule has 1 unspecified atom stereocenters. The molecule has 164 valence electrons. The first-order valence-corrected chi connectivity index (χ1v) is 10.8. The van der Waals surface area contributed by atoms with E-state index in [0.29, 0.717) is 17.9 Å². The Hall–Kier alpha value is -4.19. The molecule has 1 aromatic heterocycles. The first kappa shape index (κ1) is 20.7. The van der Waals surface area contributed by atoms with E-state index in [0.717, 1.165) is 22.0 Å². The molecule has 0 radical (unpaired) electrons. The lowest BCUT2D eigenvalue weighted by Gasteiger charge is -2.19. The minimum Gasteiger partial charge on any atom is -0.457 e. The van der Waals surface area contributed by atoms with Crippen molar-refractivity contribution in [2.45, 2.75) is 18.9 Å². The molecule has 0 N–H and O–H groups in total. The van der Waals surface area contributed by atoms with Gasteiger partial charge in [-0.25, -0.2) is 9.69 Å². The highest BCUT2D eigenvalue weighted by Crippen LogP contribution is 2.29. The quantitative estimate of drug-likeness (QED) is 0.416. The van der Waals surface area contributed by atoms with E-state index in [2.05, 4.69) is 4.98 Å². The number of para-hydroxylation sites is 1. The van der Waals surface area contributed by atoms with Gasteiger partial charge in [-0.3, -0.25) is 9.78 Å². The number of nitrogens with zero attached hydrogens (tertiary/aromatic N) is 2. The second kappa shape index (κ2) is 9.12. The summed E-state index contributed by atoms with van der Waals surface area (Å²) in [6, 6.07) is 26.4. The maximum atomic E-state index is 12.9. The Bertz CT molecular complexity index is 1280. The highest BCUT2D eigenvalue weighted by atomic mass is 16.6. The van der Waals surface area contributed by atoms with Gasteiger partial charge in [0.25, 0.3) is 0 Å². The second-order valence-electron chi connectivity index (χ2n) is 7.93. The molecule has 6 heteroatoms. The van der Waals surface area contributed by atoms with Crippen molar-refractivity contribution in [1.29, 1.82) is 0 Å². The van der Waals surface area contributed by atoms with Gasteiger partial charge in [0.15, 0.2) is 0 Å². The third-order valence-electron chi connectivity index (χ3n) is 5.66. The van der Waals surface area contributed by atoms with E-state index in [-0.39, 0.29) is 25.0 Å². The zero-order chi connectivity index (χ0) is 22.6. The highest BCUT2D eigenvalue weighted by molar-refractivity contribution is 5.94. The Labute approximate surface area is 191 Å². The molecule has 6 nitrogen and oxygen atoms in total. The van der Waals surface area contributed by atoms with Gasteiger partial charge in [0.05, 0.1) is 18.0 Å². The normalized spacial score (nSPS) is 15.5. The van der Waals surface area contributed by atoms with Gasteiger partial charge in [0.1, 0.15) is 18.1 Å². The zero-order valence-corrected chi connectivity index (χ0v) is 17.9. The van der Waals surface area contributed by atoms with Crippen LogP contribution in [0.15, 0.2) is 91.1 Å². The number of fused-ring (bicyclic) bond motifs is 1. The summed E-state index contributed by atoms with van der Waals surface area (Å²) in [6.07, 6.45) is 1.82. The number of aromatic nitrogens is 1. The van der Waals surface area contributed by atoms with Gasteiger partial charge < -0.3 is 9.47 Å². The first-order chi connectivity index (χ1) is 16.2. The lowest BCUT2D eigenvalue weighted by molar-refractivity contribution is -0.128. The van der Waals surface area contributed by atoms with Gasteiger partial charge in [0.2, 0.25) is 5.91 Å². The molecule has 0 bridgehead atoms. The molecular weight excluding hydrogens is 416 g/mol. The summed E-state index contributed by atoms with van der Waals surface area (Å²) < 4.78 is 11.2. The summed E-state index contributed by atoms with van der Waals surface area (Å²) in [5, 5.41) is 0.927. The van der Waals surface area contributed by atoms with Crippen LogP contribution in [0.5, 0.6) is 11.5 Å². The molecule has 3 aromatic carbocycles. The van der Waals surface area contributed by atoms with E-state index in [4.69, 9.17) is 9.47 Å². The number of rotatable bonds is 6. The van der Waals surface area contributed by atoms with Gasteiger partial charge in [0, 0.05) is 11.6 Å². The average molecular weight is 438 g/mol. The molecule has 2 amide bonds. The minimum absolute atomic E-state index is 0.110. The molecule has 2 heterocycles. The first-order valence-electron chi connectivity index (χ1n) is 10.8. The summed E-state index contributed by atoms with van der Waals surface area (Å²) >= 11 is 0. The van der Waals surface area contributed by atoms with E-state index in [9.17, 15) is 9.59 Å². The SMILES string of the molecule is O=C(Cc1ccc(Oc2ccnc3ccccc23)cc1)N1C(=O)OCC1Cc1ccccc1. The molecule has 0 saturated carbocycles. The van der Waals surface area contributed by atoms with Gasteiger partial charge in [-0.2, -0.15) is 0 Å². The second-order valence-corrected chi connectivity index (χ2v) is 7.93. The van der Waals surface area contributed by atoms with Crippen LogP contribution in [0.3, 0.4) is 0 Å². The number of imide groups is 1. The number of hydrogen-bond acceptors (Lipinski definition) is 5. The number of pyridine rings is 1. The van der Waals surface area contributed by atoms with E-state index in [1.165, 1.54) is 4.90 Å². The highest BCUT2D eigenvalue weighted by Gasteiger charge is 2.37. The average Bonchev–Trinajstić information content (AvgIpc) is 3.21. The maximum absolute atomic E-state index is 12.9. The Morgan fingerprint density at radius 3 is 2.52 bits per heavy atom. The van der Waals surface area contributed by atoms with E-state index < -0.39 is 6.09 Å². The molecule has 33 heavy (non-hydrogen) atoms. The number of amides is 2. The molecule has 1 saturated heterocycles. The third kappa shape index (κ3) is 4.55. The molecule has 0 spiro atoms. The van der Waals surface area contributed by atoms with Crippen molar-refractivity contribution >= 4 is 22.9 Å². The van der Waals surface area contributed by atoms with Gasteiger partial charge in [-0.15, -0.1) is 0 Å². The smallest absolute Gasteiger partial charge is 0.416 e. The minimum atomic E-state index is -0.578. The van der Waals surface area contributed by atoms with Crippen LogP contribution in [0.4, 0.5) is 4.79 Å². The fraction of sp³-hybridized carbons (Fsp3) is 0.148. The molecular formula is C27H22N2O4. The van der Waals surface area contributed by atoms with Crippen LogP contribution in [0, 0.1) is 0 Å².